The van der Waals surface area contributed by atoms with Gasteiger partial charge in [-0.2, -0.15) is 0 Å². The zero-order valence-electron chi connectivity index (χ0n) is 10.8. The number of carbonyl (C=O) groups is 2. The molecule has 1 rings (SSSR count). The van der Waals surface area contributed by atoms with Gasteiger partial charge in [-0.3, -0.25) is 14.7 Å². The molecule has 0 bridgehead atoms. The third-order valence-corrected chi connectivity index (χ3v) is 2.37. The lowest BCUT2D eigenvalue weighted by Gasteiger charge is -2.14. The van der Waals surface area contributed by atoms with E-state index in [0.717, 1.165) is 5.69 Å². The highest BCUT2D eigenvalue weighted by Crippen LogP contribution is 2.04. The SMILES string of the molecule is CNC(=O)CN(C)Cc1ccc(C(=O)OC)cn1. The molecule has 1 amide bonds. The Labute approximate surface area is 106 Å². The fraction of sp³-hybridized carbons (Fsp3) is 0.417. The van der Waals surface area contributed by atoms with Crippen LogP contribution >= 0.6 is 0 Å². The van der Waals surface area contributed by atoms with Crippen molar-refractivity contribution in [3.05, 3.63) is 29.6 Å². The van der Waals surface area contributed by atoms with Gasteiger partial charge in [0, 0.05) is 19.8 Å². The summed E-state index contributed by atoms with van der Waals surface area (Å²) in [6.45, 7) is 0.839. The minimum atomic E-state index is -0.409. The number of methoxy groups -OCH3 is 1. The molecule has 98 valence electrons. The summed E-state index contributed by atoms with van der Waals surface area (Å²) in [4.78, 5) is 28.3. The zero-order chi connectivity index (χ0) is 13.5. The first-order valence-corrected chi connectivity index (χ1v) is 5.49. The molecule has 1 aromatic heterocycles. The van der Waals surface area contributed by atoms with E-state index >= 15 is 0 Å². The maximum atomic E-state index is 11.2. The fourth-order valence-corrected chi connectivity index (χ4v) is 1.41. The summed E-state index contributed by atoms with van der Waals surface area (Å²) in [6.07, 6.45) is 1.47. The second kappa shape index (κ2) is 6.70. The molecule has 18 heavy (non-hydrogen) atoms. The molecule has 0 radical (unpaired) electrons. The Morgan fingerprint density at radius 1 is 1.44 bits per heavy atom. The van der Waals surface area contributed by atoms with Gasteiger partial charge >= 0.3 is 5.97 Å². The number of esters is 1. The van der Waals surface area contributed by atoms with E-state index < -0.39 is 5.97 Å². The summed E-state index contributed by atoms with van der Waals surface area (Å²) in [5.41, 5.74) is 1.20. The summed E-state index contributed by atoms with van der Waals surface area (Å²) < 4.78 is 4.58. The number of aromatic nitrogens is 1. The van der Waals surface area contributed by atoms with Crippen LogP contribution in [-0.2, 0) is 16.1 Å². The van der Waals surface area contributed by atoms with Gasteiger partial charge < -0.3 is 10.1 Å². The van der Waals surface area contributed by atoms with Gasteiger partial charge in [0.05, 0.1) is 24.9 Å². The lowest BCUT2D eigenvalue weighted by molar-refractivity contribution is -0.121. The summed E-state index contributed by atoms with van der Waals surface area (Å²) >= 11 is 0. The van der Waals surface area contributed by atoms with Gasteiger partial charge in [0.2, 0.25) is 5.91 Å². The molecule has 6 nitrogen and oxygen atoms in total. The minimum absolute atomic E-state index is 0.0521. The van der Waals surface area contributed by atoms with Crippen molar-refractivity contribution in [1.29, 1.82) is 0 Å². The monoisotopic (exact) mass is 251 g/mol. The lowest BCUT2D eigenvalue weighted by Crippen LogP contribution is -2.32. The fourth-order valence-electron chi connectivity index (χ4n) is 1.41. The number of rotatable bonds is 5. The highest BCUT2D eigenvalue weighted by Gasteiger charge is 2.08. The average Bonchev–Trinajstić information content (AvgIpc) is 2.38. The van der Waals surface area contributed by atoms with Crippen LogP contribution < -0.4 is 5.32 Å². The molecule has 1 N–H and O–H groups in total. The van der Waals surface area contributed by atoms with Crippen molar-refractivity contribution in [2.45, 2.75) is 6.54 Å². The standard InChI is InChI=1S/C12H17N3O3/c1-13-11(16)8-15(2)7-10-5-4-9(6-14-10)12(17)18-3/h4-6H,7-8H2,1-3H3,(H,13,16). The summed E-state index contributed by atoms with van der Waals surface area (Å²) in [5, 5.41) is 2.55. The number of amides is 1. The molecular weight excluding hydrogens is 234 g/mol. The van der Waals surface area contributed by atoms with E-state index in [9.17, 15) is 9.59 Å². The first-order valence-electron chi connectivity index (χ1n) is 5.49. The Kier molecular flexibility index (Phi) is 5.26. The molecule has 0 unspecified atom stereocenters. The van der Waals surface area contributed by atoms with E-state index in [4.69, 9.17) is 0 Å². The predicted molar refractivity (Wildman–Crippen MR) is 66.0 cm³/mol. The van der Waals surface area contributed by atoms with Gasteiger partial charge in [0.25, 0.3) is 0 Å². The number of hydrogen-bond donors (Lipinski definition) is 1. The van der Waals surface area contributed by atoms with Crippen molar-refractivity contribution in [1.82, 2.24) is 15.2 Å². The number of ether oxygens (including phenoxy) is 1. The molecule has 0 spiro atoms. The number of likely N-dealkylation sites (N-methyl/N-ethyl adjacent to an activating group) is 2. The summed E-state index contributed by atoms with van der Waals surface area (Å²) in [5.74, 6) is -0.462. The molecule has 0 fully saturated rings. The molecule has 0 aliphatic carbocycles. The quantitative estimate of drug-likeness (QED) is 0.748. The summed E-state index contributed by atoms with van der Waals surface area (Å²) in [7, 11) is 4.75. The third-order valence-electron chi connectivity index (χ3n) is 2.37. The van der Waals surface area contributed by atoms with Crippen molar-refractivity contribution in [2.24, 2.45) is 0 Å². The molecule has 1 heterocycles. The lowest BCUT2D eigenvalue weighted by atomic mass is 10.2. The van der Waals surface area contributed by atoms with Crippen molar-refractivity contribution < 1.29 is 14.3 Å². The van der Waals surface area contributed by atoms with Gasteiger partial charge in [-0.25, -0.2) is 4.79 Å². The number of nitrogens with zero attached hydrogens (tertiary/aromatic N) is 2. The van der Waals surface area contributed by atoms with Crippen LogP contribution in [0.5, 0.6) is 0 Å². The Morgan fingerprint density at radius 2 is 2.17 bits per heavy atom. The maximum Gasteiger partial charge on any atom is 0.339 e. The van der Waals surface area contributed by atoms with Crippen molar-refractivity contribution in [3.63, 3.8) is 0 Å². The van der Waals surface area contributed by atoms with E-state index in [1.54, 1.807) is 19.2 Å². The normalized spacial score (nSPS) is 10.2. The smallest absolute Gasteiger partial charge is 0.339 e. The number of carbonyl (C=O) groups excluding carboxylic acids is 2. The Bertz CT molecular complexity index is 417. The Morgan fingerprint density at radius 3 is 2.67 bits per heavy atom. The van der Waals surface area contributed by atoms with Crippen LogP contribution in [0.15, 0.2) is 18.3 Å². The number of pyridine rings is 1. The Balaban J connectivity index is 2.58. The van der Waals surface area contributed by atoms with Gasteiger partial charge in [0.1, 0.15) is 0 Å². The van der Waals surface area contributed by atoms with Crippen LogP contribution in [0, 0.1) is 0 Å². The predicted octanol–water partition coefficient (Wildman–Crippen LogP) is 0.0460. The highest BCUT2D eigenvalue weighted by molar-refractivity contribution is 5.88. The largest absolute Gasteiger partial charge is 0.465 e. The zero-order valence-corrected chi connectivity index (χ0v) is 10.8. The van der Waals surface area contributed by atoms with E-state index in [0.29, 0.717) is 18.7 Å². The molecule has 0 saturated carbocycles. The van der Waals surface area contributed by atoms with E-state index in [-0.39, 0.29) is 5.91 Å². The second-order valence-electron chi connectivity index (χ2n) is 3.88. The molecule has 0 aliphatic rings. The van der Waals surface area contributed by atoms with Gasteiger partial charge in [0.15, 0.2) is 0 Å². The average molecular weight is 251 g/mol. The molecule has 1 aromatic rings. The molecular formula is C12H17N3O3. The van der Waals surface area contributed by atoms with E-state index in [1.807, 2.05) is 11.9 Å². The van der Waals surface area contributed by atoms with E-state index in [2.05, 4.69) is 15.0 Å². The Hall–Kier alpha value is -1.95. The molecule has 0 atom stereocenters. The molecule has 0 aromatic carbocycles. The number of nitrogens with one attached hydrogen (secondary N) is 1. The topological polar surface area (TPSA) is 71.5 Å². The minimum Gasteiger partial charge on any atom is -0.465 e. The van der Waals surface area contributed by atoms with Crippen LogP contribution in [0.3, 0.4) is 0 Å². The van der Waals surface area contributed by atoms with Crippen molar-refractivity contribution >= 4 is 11.9 Å². The van der Waals surface area contributed by atoms with Crippen LogP contribution in [0.25, 0.3) is 0 Å². The number of hydrogen-bond acceptors (Lipinski definition) is 5. The molecule has 0 aliphatic heterocycles. The van der Waals surface area contributed by atoms with Crippen LogP contribution in [0.4, 0.5) is 0 Å². The first kappa shape index (κ1) is 14.1. The van der Waals surface area contributed by atoms with Crippen molar-refractivity contribution in [3.8, 4) is 0 Å². The van der Waals surface area contributed by atoms with Crippen LogP contribution in [0.2, 0.25) is 0 Å². The van der Waals surface area contributed by atoms with Gasteiger partial charge in [-0.05, 0) is 19.2 Å². The third kappa shape index (κ3) is 4.14. The highest BCUT2D eigenvalue weighted by atomic mass is 16.5. The molecule has 6 heteroatoms. The maximum absolute atomic E-state index is 11.2. The van der Waals surface area contributed by atoms with E-state index in [1.165, 1.54) is 13.3 Å². The summed E-state index contributed by atoms with van der Waals surface area (Å²) in [6, 6.07) is 3.40. The second-order valence-corrected chi connectivity index (χ2v) is 3.88. The van der Waals surface area contributed by atoms with Crippen molar-refractivity contribution in [2.75, 3.05) is 27.7 Å². The van der Waals surface area contributed by atoms with Crippen LogP contribution in [-0.4, -0.2) is 49.5 Å². The van der Waals surface area contributed by atoms with Gasteiger partial charge in [-0.1, -0.05) is 0 Å². The molecule has 0 saturated heterocycles. The van der Waals surface area contributed by atoms with Gasteiger partial charge in [-0.15, -0.1) is 0 Å². The van der Waals surface area contributed by atoms with Crippen LogP contribution in [0.1, 0.15) is 16.1 Å². The first-order chi connectivity index (χ1) is 8.56.